The number of oxime groups is 1. The molecule has 104 valence electrons. The molecule has 1 aliphatic rings. The second-order valence-corrected chi connectivity index (χ2v) is 5.74. The van der Waals surface area contributed by atoms with Crippen LogP contribution < -0.4 is 5.32 Å². The van der Waals surface area contributed by atoms with Gasteiger partial charge in [0.25, 0.3) is 5.91 Å². The quantitative estimate of drug-likeness (QED) is 0.942. The normalized spacial score (nSPS) is 21.4. The molecule has 0 bridgehead atoms. The monoisotopic (exact) mass is 291 g/mol. The van der Waals surface area contributed by atoms with Crippen LogP contribution in [0.3, 0.4) is 0 Å². The molecule has 1 amide bonds. The van der Waals surface area contributed by atoms with Gasteiger partial charge in [0.1, 0.15) is 11.5 Å². The lowest BCUT2D eigenvalue weighted by atomic mass is 9.98. The first-order chi connectivity index (χ1) is 9.57. The summed E-state index contributed by atoms with van der Waals surface area (Å²) in [5.41, 5.74) is -0.236. The van der Waals surface area contributed by atoms with Crippen molar-refractivity contribution in [2.24, 2.45) is 5.16 Å². The van der Waals surface area contributed by atoms with Gasteiger partial charge in [0.2, 0.25) is 5.60 Å². The molecule has 7 heteroatoms. The lowest BCUT2D eigenvalue weighted by molar-refractivity contribution is -0.136. The van der Waals surface area contributed by atoms with Crippen LogP contribution in [0.15, 0.2) is 33.3 Å². The zero-order valence-corrected chi connectivity index (χ0v) is 11.9. The molecule has 2 aromatic rings. The third kappa shape index (κ3) is 2.32. The van der Waals surface area contributed by atoms with E-state index in [1.165, 1.54) is 0 Å². The molecule has 3 heterocycles. The minimum absolute atomic E-state index is 0.291. The summed E-state index contributed by atoms with van der Waals surface area (Å²) in [6.45, 7) is 3.47. The van der Waals surface area contributed by atoms with Gasteiger partial charge in [-0.05, 0) is 25.3 Å². The summed E-state index contributed by atoms with van der Waals surface area (Å²) < 4.78 is 4.91. The third-order valence-corrected chi connectivity index (χ3v) is 3.94. The zero-order valence-electron chi connectivity index (χ0n) is 11.0. The van der Waals surface area contributed by atoms with E-state index in [2.05, 4.69) is 15.6 Å². The van der Waals surface area contributed by atoms with Gasteiger partial charge in [-0.2, -0.15) is 0 Å². The number of rotatable bonds is 3. The summed E-state index contributed by atoms with van der Waals surface area (Å²) >= 11 is 1.57. The topological polar surface area (TPSA) is 76.7 Å². The number of amides is 1. The van der Waals surface area contributed by atoms with Crippen LogP contribution in [0.25, 0.3) is 0 Å². The van der Waals surface area contributed by atoms with E-state index in [0.29, 0.717) is 18.0 Å². The molecule has 0 spiro atoms. The average Bonchev–Trinajstić information content (AvgIpc) is 3.10. The molecular formula is C13H13N3O3S. The van der Waals surface area contributed by atoms with Gasteiger partial charge >= 0.3 is 0 Å². The van der Waals surface area contributed by atoms with Crippen molar-refractivity contribution in [2.45, 2.75) is 25.9 Å². The summed E-state index contributed by atoms with van der Waals surface area (Å²) in [4.78, 5) is 18.6. The molecule has 0 aromatic carbocycles. The van der Waals surface area contributed by atoms with Crippen LogP contribution in [0.4, 0.5) is 5.82 Å². The SMILES string of the molecule is Cc1cc(NC(=O)[C@]2(C)CC(c3cccs3)=NO2)no1. The fourth-order valence-corrected chi connectivity index (χ4v) is 2.62. The largest absolute Gasteiger partial charge is 0.379 e. The molecule has 0 radical (unpaired) electrons. The summed E-state index contributed by atoms with van der Waals surface area (Å²) in [7, 11) is 0. The highest BCUT2D eigenvalue weighted by atomic mass is 32.1. The van der Waals surface area contributed by atoms with Crippen molar-refractivity contribution >= 4 is 28.8 Å². The Morgan fingerprint density at radius 1 is 1.55 bits per heavy atom. The van der Waals surface area contributed by atoms with Crippen LogP contribution in [0.1, 0.15) is 24.0 Å². The summed E-state index contributed by atoms with van der Waals surface area (Å²) in [6, 6.07) is 5.55. The Labute approximate surface area is 119 Å². The van der Waals surface area contributed by atoms with E-state index in [4.69, 9.17) is 9.36 Å². The molecule has 3 rings (SSSR count). The van der Waals surface area contributed by atoms with Crippen LogP contribution in [-0.2, 0) is 9.63 Å². The Hall–Kier alpha value is -2.15. The van der Waals surface area contributed by atoms with Crippen molar-refractivity contribution < 1.29 is 14.2 Å². The number of hydrogen-bond acceptors (Lipinski definition) is 6. The highest BCUT2D eigenvalue weighted by molar-refractivity contribution is 7.12. The molecule has 2 aromatic heterocycles. The van der Waals surface area contributed by atoms with Gasteiger partial charge in [0, 0.05) is 12.5 Å². The fraction of sp³-hybridized carbons (Fsp3) is 0.308. The molecule has 20 heavy (non-hydrogen) atoms. The van der Waals surface area contributed by atoms with Crippen molar-refractivity contribution in [2.75, 3.05) is 5.32 Å². The number of carbonyl (C=O) groups is 1. The molecular weight excluding hydrogens is 278 g/mol. The molecule has 0 unspecified atom stereocenters. The van der Waals surface area contributed by atoms with Gasteiger partial charge in [0.05, 0.1) is 4.88 Å². The van der Waals surface area contributed by atoms with Crippen molar-refractivity contribution in [3.05, 3.63) is 34.2 Å². The minimum Gasteiger partial charge on any atom is -0.379 e. The Kier molecular flexibility index (Phi) is 3.06. The first kappa shape index (κ1) is 12.9. The molecule has 1 N–H and O–H groups in total. The van der Waals surface area contributed by atoms with Gasteiger partial charge < -0.3 is 14.7 Å². The van der Waals surface area contributed by atoms with Crippen molar-refractivity contribution in [1.29, 1.82) is 0 Å². The molecule has 6 nitrogen and oxygen atoms in total. The fourth-order valence-electron chi connectivity index (χ4n) is 1.91. The second-order valence-electron chi connectivity index (χ2n) is 4.79. The molecule has 0 aliphatic carbocycles. The predicted octanol–water partition coefficient (Wildman–Crippen LogP) is 2.57. The average molecular weight is 291 g/mol. The number of nitrogens with zero attached hydrogens (tertiary/aromatic N) is 2. The Bertz CT molecular complexity index is 662. The van der Waals surface area contributed by atoms with E-state index in [-0.39, 0.29) is 5.91 Å². The predicted molar refractivity (Wildman–Crippen MR) is 74.8 cm³/mol. The molecule has 1 aliphatic heterocycles. The number of carbonyl (C=O) groups excluding carboxylic acids is 1. The maximum Gasteiger partial charge on any atom is 0.272 e. The maximum atomic E-state index is 12.3. The van der Waals surface area contributed by atoms with Gasteiger partial charge in [-0.3, -0.25) is 4.79 Å². The lowest BCUT2D eigenvalue weighted by Crippen LogP contribution is -2.40. The van der Waals surface area contributed by atoms with Crippen LogP contribution in [0.5, 0.6) is 0 Å². The number of anilines is 1. The number of hydrogen-bond donors (Lipinski definition) is 1. The van der Waals surface area contributed by atoms with Crippen LogP contribution in [0, 0.1) is 6.92 Å². The minimum atomic E-state index is -1.02. The first-order valence-electron chi connectivity index (χ1n) is 6.10. The standard InChI is InChI=1S/C13H13N3O3S/c1-8-6-11(16-18-8)14-12(17)13(2)7-9(15-19-13)10-4-3-5-20-10/h3-6H,7H2,1-2H3,(H,14,16,17)/t13-/m0/s1. The highest BCUT2D eigenvalue weighted by Gasteiger charge is 2.42. The van der Waals surface area contributed by atoms with Crippen LogP contribution in [-0.4, -0.2) is 22.4 Å². The van der Waals surface area contributed by atoms with Gasteiger partial charge in [0.15, 0.2) is 5.82 Å². The smallest absolute Gasteiger partial charge is 0.272 e. The first-order valence-corrected chi connectivity index (χ1v) is 6.98. The highest BCUT2D eigenvalue weighted by Crippen LogP contribution is 2.29. The summed E-state index contributed by atoms with van der Waals surface area (Å²) in [5, 5.41) is 12.4. The number of nitrogens with one attached hydrogen (secondary N) is 1. The third-order valence-electron chi connectivity index (χ3n) is 3.02. The van der Waals surface area contributed by atoms with E-state index in [0.717, 1.165) is 10.6 Å². The Morgan fingerprint density at radius 3 is 3.05 bits per heavy atom. The van der Waals surface area contributed by atoms with Gasteiger partial charge in [-0.25, -0.2) is 0 Å². The summed E-state index contributed by atoms with van der Waals surface area (Å²) in [5.74, 6) is 0.719. The zero-order chi connectivity index (χ0) is 14.2. The molecule has 0 saturated carbocycles. The molecule has 0 fully saturated rings. The second kappa shape index (κ2) is 4.75. The Morgan fingerprint density at radius 2 is 2.40 bits per heavy atom. The van der Waals surface area contributed by atoms with E-state index < -0.39 is 5.60 Å². The van der Waals surface area contributed by atoms with Crippen LogP contribution >= 0.6 is 11.3 Å². The number of thiophene rings is 1. The molecule has 0 saturated heterocycles. The van der Waals surface area contributed by atoms with Crippen molar-refractivity contribution in [3.63, 3.8) is 0 Å². The van der Waals surface area contributed by atoms with Gasteiger partial charge in [-0.1, -0.05) is 16.4 Å². The van der Waals surface area contributed by atoms with E-state index in [1.54, 1.807) is 31.3 Å². The van der Waals surface area contributed by atoms with E-state index in [9.17, 15) is 4.79 Å². The van der Waals surface area contributed by atoms with Crippen molar-refractivity contribution in [3.8, 4) is 0 Å². The van der Waals surface area contributed by atoms with E-state index in [1.807, 2.05) is 17.5 Å². The van der Waals surface area contributed by atoms with E-state index >= 15 is 0 Å². The van der Waals surface area contributed by atoms with Gasteiger partial charge in [-0.15, -0.1) is 11.3 Å². The number of aromatic nitrogens is 1. The van der Waals surface area contributed by atoms with Crippen LogP contribution in [0.2, 0.25) is 0 Å². The summed E-state index contributed by atoms with van der Waals surface area (Å²) in [6.07, 6.45) is 0.427. The van der Waals surface area contributed by atoms with Crippen molar-refractivity contribution in [1.82, 2.24) is 5.16 Å². The lowest BCUT2D eigenvalue weighted by Gasteiger charge is -2.19. The Balaban J connectivity index is 1.70. The molecule has 1 atom stereocenters. The number of aryl methyl sites for hydroxylation is 1. The maximum absolute atomic E-state index is 12.3.